The molecular weight excluding hydrogens is 821 g/mol. The van der Waals surface area contributed by atoms with Gasteiger partial charge in [-0.05, 0) is 53.8 Å². The number of methoxy groups -OCH3 is 2. The lowest BCUT2D eigenvalue weighted by molar-refractivity contribution is -0.459. The van der Waals surface area contributed by atoms with Crippen LogP contribution in [0.25, 0.3) is 0 Å². The molecule has 3 heterocycles. The molecule has 9 N–H and O–H groups in total. The van der Waals surface area contributed by atoms with Crippen LogP contribution < -0.4 is 37.6 Å². The molecule has 1 aromatic heterocycles. The number of likely N-dealkylation sites (N-methyl/N-ethyl adjacent to an activating group) is 2. The maximum atomic E-state index is 14.2. The number of hydrogen-bond donors (Lipinski definition) is 8. The monoisotopic (exact) mass is 881 g/mol. The molecule has 344 valence electrons. The highest BCUT2D eigenvalue weighted by Crippen LogP contribution is 2.25. The summed E-state index contributed by atoms with van der Waals surface area (Å²) >= 11 is 0. The zero-order chi connectivity index (χ0) is 46.7. The number of primary amides is 1. The quantitative estimate of drug-likeness (QED) is 0.0492. The lowest BCUT2D eigenvalue weighted by atomic mass is 10.1. The summed E-state index contributed by atoms with van der Waals surface area (Å²) in [5.74, 6) is -4.93. The van der Waals surface area contributed by atoms with Gasteiger partial charge in [0.2, 0.25) is 35.4 Å². The molecule has 22 heteroatoms. The number of likely N-dealkylation sites (tertiary alicyclic amines) is 2. The van der Waals surface area contributed by atoms with Gasteiger partial charge in [0.15, 0.2) is 17.4 Å². The summed E-state index contributed by atoms with van der Waals surface area (Å²) in [6.45, 7) is 10.2. The van der Waals surface area contributed by atoms with Gasteiger partial charge in [-0.1, -0.05) is 30.3 Å². The summed E-state index contributed by atoms with van der Waals surface area (Å²) in [7, 11) is 5.92. The van der Waals surface area contributed by atoms with E-state index in [-0.39, 0.29) is 43.9 Å². The largest absolute Gasteiger partial charge is 0.437 e. The Hall–Kier alpha value is -6.10. The number of amides is 8. The number of nitrogens with one attached hydrogen (secondary N) is 7. The molecule has 63 heavy (non-hydrogen) atoms. The summed E-state index contributed by atoms with van der Waals surface area (Å²) in [6, 6.07) is 3.23. The molecule has 2 saturated heterocycles. The molecule has 2 aliphatic heterocycles. The van der Waals surface area contributed by atoms with E-state index in [9.17, 15) is 38.4 Å². The van der Waals surface area contributed by atoms with Gasteiger partial charge < -0.3 is 56.9 Å². The molecule has 0 radical (unpaired) electrons. The van der Waals surface area contributed by atoms with Crippen LogP contribution in [0.4, 0.5) is 0 Å². The Morgan fingerprint density at radius 1 is 0.873 bits per heavy atom. The van der Waals surface area contributed by atoms with Crippen molar-refractivity contribution in [3.05, 3.63) is 53.3 Å². The Kier molecular flexibility index (Phi) is 17.5. The van der Waals surface area contributed by atoms with Crippen LogP contribution in [0.3, 0.4) is 0 Å². The number of nitrogens with two attached hydrogens (primary N) is 1. The van der Waals surface area contributed by atoms with E-state index in [0.717, 1.165) is 10.1 Å². The average molecular weight is 882 g/mol. The van der Waals surface area contributed by atoms with E-state index in [0.29, 0.717) is 0 Å². The van der Waals surface area contributed by atoms with Crippen molar-refractivity contribution in [2.24, 2.45) is 5.73 Å². The number of carbonyl (C=O) groups is 8. The molecule has 2 aliphatic rings. The first-order valence-electron chi connectivity index (χ1n) is 20.6. The highest BCUT2D eigenvalue weighted by Gasteiger charge is 2.49. The molecular formula is C41H61N12O10+. The van der Waals surface area contributed by atoms with E-state index < -0.39 is 108 Å². The normalized spacial score (nSPS) is 21.3. The number of ether oxygens (including phenoxy) is 2. The first-order valence-corrected chi connectivity index (χ1v) is 20.6. The van der Waals surface area contributed by atoms with Gasteiger partial charge in [-0.25, -0.2) is 4.79 Å². The number of hydrogen-bond acceptors (Lipinski definition) is 13. The molecule has 0 aliphatic carbocycles. The number of nitrogens with zero attached hydrogens (tertiary/aromatic N) is 4. The van der Waals surface area contributed by atoms with Crippen LogP contribution in [0.15, 0.2) is 36.4 Å². The number of H-pyrrole nitrogens is 1. The summed E-state index contributed by atoms with van der Waals surface area (Å²) < 4.78 is 11.9. The van der Waals surface area contributed by atoms with Gasteiger partial charge in [-0.3, -0.25) is 38.7 Å². The fourth-order valence-electron chi connectivity index (χ4n) is 7.43. The van der Waals surface area contributed by atoms with Crippen LogP contribution in [0.5, 0.6) is 0 Å². The van der Waals surface area contributed by atoms with Gasteiger partial charge in [0.05, 0.1) is 37.4 Å². The third-order valence-electron chi connectivity index (χ3n) is 11.5. The number of rotatable bonds is 20. The lowest BCUT2D eigenvalue weighted by Gasteiger charge is -2.31. The number of aromatic nitrogens is 2. The van der Waals surface area contributed by atoms with E-state index in [1.165, 1.54) is 30.1 Å². The molecule has 2 fully saturated rings. The Labute approximate surface area is 365 Å². The minimum absolute atomic E-state index is 0.0194. The van der Waals surface area contributed by atoms with Crippen molar-refractivity contribution in [3.8, 4) is 0 Å². The van der Waals surface area contributed by atoms with Crippen LogP contribution >= 0.6 is 0 Å². The van der Waals surface area contributed by atoms with Gasteiger partial charge in [0.25, 0.3) is 5.91 Å². The molecule has 4 rings (SSSR count). The first-order chi connectivity index (χ1) is 29.9. The molecule has 0 saturated carbocycles. The van der Waals surface area contributed by atoms with Crippen molar-refractivity contribution in [2.45, 2.75) is 101 Å². The van der Waals surface area contributed by atoms with Crippen molar-refractivity contribution < 1.29 is 52.4 Å². The Morgan fingerprint density at radius 3 is 2.05 bits per heavy atom. The molecule has 0 spiro atoms. The number of benzene rings is 1. The average Bonchev–Trinajstić information content (AvgIpc) is 4.06. The van der Waals surface area contributed by atoms with E-state index in [1.54, 1.807) is 41.8 Å². The molecule has 10 atom stereocenters. The Morgan fingerprint density at radius 2 is 1.48 bits per heavy atom. The molecule has 8 amide bonds. The third kappa shape index (κ3) is 12.1. The van der Waals surface area contributed by atoms with Crippen LogP contribution in [-0.2, 0) is 38.2 Å². The van der Waals surface area contributed by atoms with E-state index in [2.05, 4.69) is 48.8 Å². The van der Waals surface area contributed by atoms with Crippen LogP contribution in [0, 0.1) is 0 Å². The second-order valence-corrected chi connectivity index (χ2v) is 15.7. The predicted molar refractivity (Wildman–Crippen MR) is 227 cm³/mol. The number of aromatic amines is 1. The smallest absolute Gasteiger partial charge is 0.379 e. The van der Waals surface area contributed by atoms with E-state index in [1.807, 2.05) is 30.3 Å². The van der Waals surface area contributed by atoms with E-state index >= 15 is 0 Å². The zero-order valence-corrected chi connectivity index (χ0v) is 36.9. The van der Waals surface area contributed by atoms with Gasteiger partial charge in [-0.2, -0.15) is 9.67 Å². The highest BCUT2D eigenvalue weighted by atomic mass is 16.5. The summed E-state index contributed by atoms with van der Waals surface area (Å²) in [6.07, 6.45) is -1.63. The topological polar surface area (TPSA) is 291 Å². The lowest BCUT2D eigenvalue weighted by Crippen LogP contribution is -2.59. The third-order valence-corrected chi connectivity index (χ3v) is 11.5. The van der Waals surface area contributed by atoms with Crippen LogP contribution in [-0.4, -0.2) is 181 Å². The fourth-order valence-corrected chi connectivity index (χ4v) is 7.43. The minimum atomic E-state index is -1.18. The van der Waals surface area contributed by atoms with Gasteiger partial charge >= 0.3 is 5.91 Å². The van der Waals surface area contributed by atoms with Gasteiger partial charge in [0.1, 0.15) is 30.9 Å². The SMILES string of the molecule is C=[N+](C(=O)c1cc(C(=O)NC2CC(C(N)=O)N(C(=O)C(NC(=O)C(C)NC)C(C)OC)C2)n[nH]1)C1CC(C(=O)NC(C)c2ccccc2)N(C(=O)C(NC(=O)CNC)C(C)OC)C1. The summed E-state index contributed by atoms with van der Waals surface area (Å²) in [4.78, 5) is 110. The summed E-state index contributed by atoms with van der Waals surface area (Å²) in [5.41, 5.74) is 6.17. The second-order valence-electron chi connectivity index (χ2n) is 15.7. The van der Waals surface area contributed by atoms with Gasteiger partial charge in [-0.15, -0.1) is 0 Å². The van der Waals surface area contributed by atoms with Crippen LogP contribution in [0.2, 0.25) is 0 Å². The van der Waals surface area contributed by atoms with Crippen LogP contribution in [0.1, 0.15) is 73.1 Å². The first kappa shape index (κ1) is 49.6. The second kappa shape index (κ2) is 22.3. The molecule has 10 unspecified atom stereocenters. The van der Waals surface area contributed by atoms with Gasteiger partial charge in [0, 0.05) is 39.3 Å². The number of carbonyl (C=O) groups excluding carboxylic acids is 8. The van der Waals surface area contributed by atoms with Crippen molar-refractivity contribution >= 4 is 54.0 Å². The molecule has 1 aromatic carbocycles. The van der Waals surface area contributed by atoms with Crippen molar-refractivity contribution in [1.82, 2.24) is 51.9 Å². The molecule has 0 bridgehead atoms. The fraction of sp³-hybridized carbons (Fsp3) is 0.561. The van der Waals surface area contributed by atoms with E-state index in [4.69, 9.17) is 15.2 Å². The van der Waals surface area contributed by atoms with Crippen molar-refractivity contribution in [1.29, 1.82) is 0 Å². The standard InChI is InChI=1S/C41H60N12O10/c1-21(25-13-11-10-12-14-25)45-38(58)31-16-27(20-53(31)40(60)33(23(3)62-8)47-32(54)18-43-5)51(7)39(59)29-17-28(49-50-29)37(57)46-26-15-30(35(42)55)52(19-26)41(61)34(24(4)63-9)48-36(56)22(2)44-6/h10-14,17,21-24,26-27,30-31,33-34,43-44H,7,15-16,18-20H2,1-6,8-9H3,(H6-,42,45,46,47,48,49,50,54,55,56,57,58,59)/p+1. The molecule has 22 nitrogen and oxygen atoms in total. The predicted octanol–water partition coefficient (Wildman–Crippen LogP) is -2.84. The minimum Gasteiger partial charge on any atom is -0.379 e. The Balaban J connectivity index is 1.51. The zero-order valence-electron chi connectivity index (χ0n) is 36.9. The highest BCUT2D eigenvalue weighted by molar-refractivity contribution is 5.97. The van der Waals surface area contributed by atoms with Crippen molar-refractivity contribution in [2.75, 3.05) is 47.9 Å². The maximum absolute atomic E-state index is 14.2. The Bertz CT molecular complexity index is 2010. The summed E-state index contributed by atoms with van der Waals surface area (Å²) in [5, 5.41) is 23.1. The maximum Gasteiger partial charge on any atom is 0.437 e. The van der Waals surface area contributed by atoms with Crippen molar-refractivity contribution in [3.63, 3.8) is 0 Å². The molecule has 2 aromatic rings.